The maximum Gasteiger partial charge on any atom is 0.0587 e. The number of rotatable bonds is 3. The normalized spacial score (nSPS) is 12.8. The van der Waals surface area contributed by atoms with Crippen LogP contribution in [0, 0.1) is 0 Å². The molecule has 0 fully saturated rings. The molecule has 0 amide bonds. The molecule has 0 heterocycles. The Kier molecular flexibility index (Phi) is 3.71. The van der Waals surface area contributed by atoms with Gasteiger partial charge in [0.2, 0.25) is 0 Å². The van der Waals surface area contributed by atoms with Gasteiger partial charge >= 0.3 is 0 Å². The van der Waals surface area contributed by atoms with Crippen molar-refractivity contribution in [2.45, 2.75) is 4.90 Å². The number of anilines is 1. The summed E-state index contributed by atoms with van der Waals surface area (Å²) in [6.07, 6.45) is 0. The van der Waals surface area contributed by atoms with E-state index in [0.717, 1.165) is 0 Å². The van der Waals surface area contributed by atoms with Crippen molar-refractivity contribution in [3.05, 3.63) is 23.2 Å². The number of nitrogens with two attached hydrogens (primary N) is 1. The van der Waals surface area contributed by atoms with E-state index in [9.17, 15) is 4.21 Å². The van der Waals surface area contributed by atoms with E-state index in [2.05, 4.69) is 0 Å². The number of hydrogen-bond acceptors (Lipinski definition) is 3. The highest BCUT2D eigenvalue weighted by atomic mass is 35.5. The van der Waals surface area contributed by atoms with Gasteiger partial charge in [0.25, 0.3) is 0 Å². The summed E-state index contributed by atoms with van der Waals surface area (Å²) in [4.78, 5) is 0.518. The Labute approximate surface area is 84.0 Å². The van der Waals surface area contributed by atoms with Gasteiger partial charge in [-0.1, -0.05) is 11.6 Å². The third-order valence-corrected chi connectivity index (χ3v) is 3.30. The average Bonchev–Trinajstić information content (AvgIpc) is 2.04. The molecule has 0 radical (unpaired) electrons. The average molecular weight is 220 g/mol. The van der Waals surface area contributed by atoms with Crippen molar-refractivity contribution < 1.29 is 9.32 Å². The Morgan fingerprint density at radius 2 is 2.23 bits per heavy atom. The van der Waals surface area contributed by atoms with Gasteiger partial charge in [0.05, 0.1) is 33.1 Å². The second-order valence-electron chi connectivity index (χ2n) is 2.46. The molecule has 72 valence electrons. The van der Waals surface area contributed by atoms with E-state index < -0.39 is 10.8 Å². The first-order valence-electron chi connectivity index (χ1n) is 3.69. The highest BCUT2D eigenvalue weighted by Crippen LogP contribution is 2.22. The van der Waals surface area contributed by atoms with Crippen molar-refractivity contribution in [2.24, 2.45) is 0 Å². The first kappa shape index (κ1) is 10.5. The minimum absolute atomic E-state index is 0.118. The van der Waals surface area contributed by atoms with Crippen molar-refractivity contribution in [1.29, 1.82) is 0 Å². The summed E-state index contributed by atoms with van der Waals surface area (Å²) in [6.45, 7) is -0.118. The molecule has 0 bridgehead atoms. The van der Waals surface area contributed by atoms with Crippen LogP contribution in [0.2, 0.25) is 5.02 Å². The van der Waals surface area contributed by atoms with Crippen molar-refractivity contribution in [3.63, 3.8) is 0 Å². The highest BCUT2D eigenvalue weighted by Gasteiger charge is 2.07. The molecule has 1 atom stereocenters. The molecule has 1 unspecified atom stereocenters. The lowest BCUT2D eigenvalue weighted by Crippen LogP contribution is -2.03. The lowest BCUT2D eigenvalue weighted by atomic mass is 10.3. The van der Waals surface area contributed by atoms with E-state index in [1.54, 1.807) is 18.2 Å². The minimum Gasteiger partial charge on any atom is -0.399 e. The molecule has 3 nitrogen and oxygen atoms in total. The highest BCUT2D eigenvalue weighted by molar-refractivity contribution is 7.85. The number of halogens is 1. The molecule has 0 aromatic heterocycles. The van der Waals surface area contributed by atoms with Crippen molar-refractivity contribution in [3.8, 4) is 0 Å². The maximum absolute atomic E-state index is 11.4. The van der Waals surface area contributed by atoms with Crippen LogP contribution in [-0.4, -0.2) is 21.7 Å². The quantitative estimate of drug-likeness (QED) is 0.747. The van der Waals surface area contributed by atoms with E-state index in [-0.39, 0.29) is 12.4 Å². The fourth-order valence-corrected chi connectivity index (χ4v) is 2.22. The summed E-state index contributed by atoms with van der Waals surface area (Å²) in [5, 5.41) is 8.96. The predicted molar refractivity (Wildman–Crippen MR) is 54.2 cm³/mol. The smallest absolute Gasteiger partial charge is 0.0587 e. The Morgan fingerprint density at radius 3 is 2.77 bits per heavy atom. The number of aliphatic hydroxyl groups is 1. The van der Waals surface area contributed by atoms with Crippen LogP contribution in [0.4, 0.5) is 5.69 Å². The number of aliphatic hydroxyl groups excluding tert-OH is 1. The van der Waals surface area contributed by atoms with Crippen LogP contribution >= 0.6 is 11.6 Å². The monoisotopic (exact) mass is 219 g/mol. The van der Waals surface area contributed by atoms with Crippen LogP contribution < -0.4 is 5.73 Å². The molecule has 13 heavy (non-hydrogen) atoms. The molecule has 1 aromatic carbocycles. The largest absolute Gasteiger partial charge is 0.399 e. The summed E-state index contributed by atoms with van der Waals surface area (Å²) < 4.78 is 11.4. The zero-order valence-electron chi connectivity index (χ0n) is 6.87. The second kappa shape index (κ2) is 4.60. The van der Waals surface area contributed by atoms with Crippen LogP contribution in [-0.2, 0) is 10.8 Å². The minimum atomic E-state index is -1.24. The molecule has 5 heteroatoms. The van der Waals surface area contributed by atoms with Gasteiger partial charge in [-0.2, -0.15) is 0 Å². The second-order valence-corrected chi connectivity index (χ2v) is 4.41. The van der Waals surface area contributed by atoms with Crippen LogP contribution in [0.15, 0.2) is 23.1 Å². The molecule has 0 aliphatic carbocycles. The molecule has 0 aliphatic rings. The van der Waals surface area contributed by atoms with Gasteiger partial charge in [0, 0.05) is 5.69 Å². The number of nitrogen functional groups attached to an aromatic ring is 1. The Bertz CT molecular complexity index is 330. The van der Waals surface area contributed by atoms with Gasteiger partial charge in [-0.3, -0.25) is 4.21 Å². The van der Waals surface area contributed by atoms with Gasteiger partial charge < -0.3 is 10.8 Å². The summed E-state index contributed by atoms with van der Waals surface area (Å²) >= 11 is 5.81. The summed E-state index contributed by atoms with van der Waals surface area (Å²) in [5.74, 6) is 0.198. The fourth-order valence-electron chi connectivity index (χ4n) is 0.895. The van der Waals surface area contributed by atoms with E-state index in [4.69, 9.17) is 22.4 Å². The van der Waals surface area contributed by atoms with Crippen LogP contribution in [0.3, 0.4) is 0 Å². The van der Waals surface area contributed by atoms with Crippen molar-refractivity contribution >= 4 is 28.1 Å². The van der Waals surface area contributed by atoms with Gasteiger partial charge in [0.15, 0.2) is 0 Å². The van der Waals surface area contributed by atoms with Gasteiger partial charge in [-0.15, -0.1) is 0 Å². The standard InChI is InChI=1S/C8H10ClNO2S/c9-7-5-6(10)1-2-8(7)13(12)4-3-11/h1-2,5,11H,3-4,10H2. The van der Waals surface area contributed by atoms with Crippen LogP contribution in [0.5, 0.6) is 0 Å². The third-order valence-electron chi connectivity index (χ3n) is 1.48. The van der Waals surface area contributed by atoms with Crippen LogP contribution in [0.1, 0.15) is 0 Å². The first-order valence-corrected chi connectivity index (χ1v) is 5.39. The Morgan fingerprint density at radius 1 is 1.54 bits per heavy atom. The van der Waals surface area contributed by atoms with E-state index in [1.807, 2.05) is 0 Å². The number of benzene rings is 1. The molecular weight excluding hydrogens is 210 g/mol. The molecule has 0 aliphatic heterocycles. The first-order chi connectivity index (χ1) is 6.15. The lowest BCUT2D eigenvalue weighted by molar-refractivity contribution is 0.321. The molecule has 0 saturated carbocycles. The SMILES string of the molecule is Nc1ccc(S(=O)CCO)c(Cl)c1. The van der Waals surface area contributed by atoms with E-state index in [1.165, 1.54) is 0 Å². The Balaban J connectivity index is 2.95. The maximum atomic E-state index is 11.4. The predicted octanol–water partition coefficient (Wildman–Crippen LogP) is 1.02. The zero-order chi connectivity index (χ0) is 9.84. The third kappa shape index (κ3) is 2.69. The van der Waals surface area contributed by atoms with E-state index >= 15 is 0 Å². The Hall–Kier alpha value is -0.580. The van der Waals surface area contributed by atoms with Crippen molar-refractivity contribution in [2.75, 3.05) is 18.1 Å². The topological polar surface area (TPSA) is 63.3 Å². The lowest BCUT2D eigenvalue weighted by Gasteiger charge is -2.03. The molecule has 1 rings (SSSR count). The van der Waals surface area contributed by atoms with Gasteiger partial charge in [-0.25, -0.2) is 0 Å². The molecule has 1 aromatic rings. The summed E-state index contributed by atoms with van der Waals surface area (Å²) in [5.41, 5.74) is 6.01. The number of hydrogen-bond donors (Lipinski definition) is 2. The molecule has 0 spiro atoms. The van der Waals surface area contributed by atoms with Crippen LogP contribution in [0.25, 0.3) is 0 Å². The summed E-state index contributed by atoms with van der Waals surface area (Å²) in [7, 11) is -1.24. The van der Waals surface area contributed by atoms with Gasteiger partial charge in [-0.05, 0) is 18.2 Å². The van der Waals surface area contributed by atoms with Gasteiger partial charge in [0.1, 0.15) is 0 Å². The molecule has 0 saturated heterocycles. The van der Waals surface area contributed by atoms with E-state index in [0.29, 0.717) is 15.6 Å². The molecule has 3 N–H and O–H groups in total. The zero-order valence-corrected chi connectivity index (χ0v) is 8.44. The summed E-state index contributed by atoms with van der Waals surface area (Å²) in [6, 6.07) is 4.80. The van der Waals surface area contributed by atoms with Crippen molar-refractivity contribution in [1.82, 2.24) is 0 Å². The molecular formula is C8H10ClNO2S. The fraction of sp³-hybridized carbons (Fsp3) is 0.250.